The van der Waals surface area contributed by atoms with Gasteiger partial charge < -0.3 is 15.5 Å². The number of carboxylic acid groups (broad SMARTS) is 1. The number of amides is 1. The van der Waals surface area contributed by atoms with E-state index in [9.17, 15) is 14.7 Å². The van der Waals surface area contributed by atoms with Gasteiger partial charge in [-0.05, 0) is 39.0 Å². The summed E-state index contributed by atoms with van der Waals surface area (Å²) in [7, 11) is 0. The number of hydrogen-bond acceptors (Lipinski definition) is 4. The topological polar surface area (TPSA) is 89.9 Å². The van der Waals surface area contributed by atoms with Crippen LogP contribution in [-0.4, -0.2) is 104 Å². The maximum atomic E-state index is 11.8. The first kappa shape index (κ1) is 33.4. The second kappa shape index (κ2) is 24.9. The number of carboxylic acids is 1. The van der Waals surface area contributed by atoms with Gasteiger partial charge >= 0.3 is 57.4 Å². The van der Waals surface area contributed by atoms with Crippen LogP contribution in [0.2, 0.25) is 0 Å². The van der Waals surface area contributed by atoms with Gasteiger partial charge in [0.05, 0.1) is 6.54 Å². The van der Waals surface area contributed by atoms with Gasteiger partial charge in [0.2, 0.25) is 5.91 Å². The molecule has 0 fully saturated rings. The van der Waals surface area contributed by atoms with Gasteiger partial charge in [-0.1, -0.05) is 70.4 Å². The molecule has 6 nitrogen and oxygen atoms in total. The second-order valence-electron chi connectivity index (χ2n) is 8.18. The van der Waals surface area contributed by atoms with Gasteiger partial charge in [0.15, 0.2) is 0 Å². The summed E-state index contributed by atoms with van der Waals surface area (Å²) in [4.78, 5) is 24.0. The van der Waals surface area contributed by atoms with Crippen LogP contribution in [-0.2, 0) is 9.59 Å². The van der Waals surface area contributed by atoms with E-state index in [1.54, 1.807) is 0 Å². The molecule has 178 valence electrons. The number of nitrogens with zero attached hydrogens (tertiary/aromatic N) is 1. The molecular formula is C24H47KN2O4. The van der Waals surface area contributed by atoms with Crippen molar-refractivity contribution in [2.45, 2.75) is 110 Å². The Bertz CT molecular complexity index is 459. The van der Waals surface area contributed by atoms with E-state index in [1.165, 1.54) is 69.6 Å². The van der Waals surface area contributed by atoms with Crippen molar-refractivity contribution >= 4 is 63.3 Å². The first-order chi connectivity index (χ1) is 14.5. The van der Waals surface area contributed by atoms with Crippen molar-refractivity contribution in [3.05, 3.63) is 12.2 Å². The van der Waals surface area contributed by atoms with Gasteiger partial charge in [-0.25, -0.2) is 0 Å². The van der Waals surface area contributed by atoms with Crippen molar-refractivity contribution < 1.29 is 19.8 Å². The molecule has 0 aromatic heterocycles. The predicted octanol–water partition coefficient (Wildman–Crippen LogP) is 4.22. The Morgan fingerprint density at radius 1 is 0.903 bits per heavy atom. The minimum atomic E-state index is -0.990. The van der Waals surface area contributed by atoms with Crippen LogP contribution in [0.5, 0.6) is 0 Å². The summed E-state index contributed by atoms with van der Waals surface area (Å²) in [5.74, 6) is -0.996. The molecule has 7 heteroatoms. The molecule has 0 bridgehead atoms. The van der Waals surface area contributed by atoms with Crippen LogP contribution in [0.25, 0.3) is 0 Å². The number of carbonyl (C=O) groups excluding carboxylic acids is 1. The maximum absolute atomic E-state index is 11.8. The Morgan fingerprint density at radius 2 is 1.42 bits per heavy atom. The van der Waals surface area contributed by atoms with Gasteiger partial charge in [0.25, 0.3) is 0 Å². The van der Waals surface area contributed by atoms with E-state index in [0.717, 1.165) is 25.7 Å². The van der Waals surface area contributed by atoms with E-state index in [4.69, 9.17) is 5.11 Å². The third kappa shape index (κ3) is 24.7. The summed E-state index contributed by atoms with van der Waals surface area (Å²) in [5, 5.41) is 21.1. The monoisotopic (exact) mass is 466 g/mol. The Labute approximate surface area is 233 Å². The van der Waals surface area contributed by atoms with Gasteiger partial charge in [-0.15, -0.1) is 0 Å². The van der Waals surface area contributed by atoms with E-state index in [0.29, 0.717) is 19.5 Å². The van der Waals surface area contributed by atoms with Crippen molar-refractivity contribution in [1.82, 2.24) is 10.2 Å². The Kier molecular flexibility index (Phi) is 26.8. The van der Waals surface area contributed by atoms with Crippen molar-refractivity contribution in [1.29, 1.82) is 0 Å². The number of carbonyl (C=O) groups is 2. The first-order valence-corrected chi connectivity index (χ1v) is 12.0. The number of allylic oxidation sites excluding steroid dienone is 2. The van der Waals surface area contributed by atoms with Gasteiger partial charge in [0, 0.05) is 19.5 Å². The van der Waals surface area contributed by atoms with Gasteiger partial charge in [-0.2, -0.15) is 0 Å². The summed E-state index contributed by atoms with van der Waals surface area (Å²) in [6.07, 6.45) is 20.4. The van der Waals surface area contributed by atoms with Gasteiger partial charge in [-0.3, -0.25) is 14.5 Å². The second-order valence-corrected chi connectivity index (χ2v) is 8.18. The molecule has 0 aliphatic carbocycles. The zero-order chi connectivity index (χ0) is 22.5. The van der Waals surface area contributed by atoms with Crippen molar-refractivity contribution in [2.24, 2.45) is 0 Å². The molecule has 0 rings (SSSR count). The van der Waals surface area contributed by atoms with Crippen LogP contribution in [0, 0.1) is 0 Å². The molecule has 0 aliphatic heterocycles. The number of aliphatic carboxylic acids is 1. The van der Waals surface area contributed by atoms with E-state index in [-0.39, 0.29) is 63.8 Å². The number of hydrogen-bond donors (Lipinski definition) is 3. The van der Waals surface area contributed by atoms with E-state index < -0.39 is 12.2 Å². The molecule has 0 aromatic rings. The zero-order valence-corrected chi connectivity index (χ0v) is 19.4. The molecule has 0 aromatic carbocycles. The molecular weight excluding hydrogens is 419 g/mol. The molecule has 1 atom stereocenters. The molecule has 0 saturated heterocycles. The Morgan fingerprint density at radius 3 is 1.94 bits per heavy atom. The van der Waals surface area contributed by atoms with Crippen LogP contribution >= 0.6 is 0 Å². The normalized spacial score (nSPS) is 12.1. The number of unbranched alkanes of at least 4 members (excludes halogenated alkanes) is 11. The molecule has 0 saturated carbocycles. The van der Waals surface area contributed by atoms with Crippen LogP contribution < -0.4 is 5.32 Å². The minimum absolute atomic E-state index is 0. The number of aliphatic hydroxyl groups is 1. The summed E-state index contributed by atoms with van der Waals surface area (Å²) in [6.45, 7) is 4.21. The standard InChI is InChI=1S/C24H46N2O4.K.H/c1-3-4-5-6-7-8-9-10-11-12-13-14-15-16-17-18-23(28)25-19-20-26(22(2)27)21-24(29)30;;/h10-11,22,27H,3-9,12-21H2,1-2H3,(H,25,28)(H,29,30);;/b11-10-;;. The van der Waals surface area contributed by atoms with Crippen LogP contribution in [0.15, 0.2) is 12.2 Å². The Hall–Kier alpha value is 0.236. The van der Waals surface area contributed by atoms with Crippen molar-refractivity contribution in [3.63, 3.8) is 0 Å². The molecule has 3 N–H and O–H groups in total. The van der Waals surface area contributed by atoms with Crippen LogP contribution in [0.4, 0.5) is 0 Å². The molecule has 0 heterocycles. The molecule has 31 heavy (non-hydrogen) atoms. The SMILES string of the molecule is CCCCCCCC/C=C\CCCCCCCC(=O)NCCN(CC(=O)O)C(C)O.[KH]. The molecule has 1 amide bonds. The van der Waals surface area contributed by atoms with Crippen LogP contribution in [0.1, 0.15) is 104 Å². The van der Waals surface area contributed by atoms with Crippen LogP contribution in [0.3, 0.4) is 0 Å². The fourth-order valence-electron chi connectivity index (χ4n) is 3.36. The number of rotatable bonds is 21. The third-order valence-corrected chi connectivity index (χ3v) is 5.25. The predicted molar refractivity (Wildman–Crippen MR) is 131 cm³/mol. The average molecular weight is 467 g/mol. The van der Waals surface area contributed by atoms with E-state index >= 15 is 0 Å². The first-order valence-electron chi connectivity index (χ1n) is 12.0. The Balaban J connectivity index is 0. The van der Waals surface area contributed by atoms with E-state index in [1.807, 2.05) is 0 Å². The van der Waals surface area contributed by atoms with Gasteiger partial charge in [0.1, 0.15) is 6.23 Å². The molecule has 0 spiro atoms. The summed E-state index contributed by atoms with van der Waals surface area (Å²) in [6, 6.07) is 0. The number of aliphatic hydroxyl groups excluding tert-OH is 1. The molecule has 1 unspecified atom stereocenters. The molecule has 0 aliphatic rings. The van der Waals surface area contributed by atoms with Crippen molar-refractivity contribution in [3.8, 4) is 0 Å². The molecule has 0 radical (unpaired) electrons. The third-order valence-electron chi connectivity index (χ3n) is 5.25. The number of nitrogens with one attached hydrogen (secondary N) is 1. The summed E-state index contributed by atoms with van der Waals surface area (Å²) in [5.41, 5.74) is 0. The summed E-state index contributed by atoms with van der Waals surface area (Å²) >= 11 is 0. The van der Waals surface area contributed by atoms with E-state index in [2.05, 4.69) is 24.4 Å². The summed E-state index contributed by atoms with van der Waals surface area (Å²) < 4.78 is 0. The quantitative estimate of drug-likeness (QED) is 0.102. The van der Waals surface area contributed by atoms with Crippen molar-refractivity contribution in [2.75, 3.05) is 19.6 Å². The fraction of sp³-hybridized carbons (Fsp3) is 0.833. The fourth-order valence-corrected chi connectivity index (χ4v) is 3.36. The average Bonchev–Trinajstić information content (AvgIpc) is 2.69. The zero-order valence-electron chi connectivity index (χ0n) is 19.4.